The molecule has 1 heterocycles. The number of halogens is 6. The van der Waals surface area contributed by atoms with Crippen LogP contribution in [0, 0.1) is 6.57 Å². The standard InChI is InChI=1S/C19H18F6N4O2/c1-17(2,3)31-16(30)29-9-12(27-11-29)8-28(10-18(20,21)22)13-5-6-15(26-4)14(7-13)19(23,24)25/h5-7,9,11H,8,10H2,1-3H3. The molecule has 0 aliphatic rings. The molecule has 0 saturated heterocycles. The maximum absolute atomic E-state index is 13.2. The molecule has 2 rings (SSSR count). The fraction of sp³-hybridized carbons (Fsp3) is 0.421. The Labute approximate surface area is 173 Å². The second kappa shape index (κ2) is 8.49. The van der Waals surface area contributed by atoms with Crippen LogP contribution < -0.4 is 4.90 Å². The summed E-state index contributed by atoms with van der Waals surface area (Å²) >= 11 is 0. The number of nitrogens with zero attached hydrogens (tertiary/aromatic N) is 4. The third-order valence-electron chi connectivity index (χ3n) is 3.73. The van der Waals surface area contributed by atoms with Crippen LogP contribution in [0.25, 0.3) is 4.85 Å². The predicted octanol–water partition coefficient (Wildman–Crippen LogP) is 5.80. The van der Waals surface area contributed by atoms with Gasteiger partial charge in [0.05, 0.1) is 24.4 Å². The lowest BCUT2D eigenvalue weighted by molar-refractivity contribution is -0.136. The van der Waals surface area contributed by atoms with E-state index >= 15 is 0 Å². The lowest BCUT2D eigenvalue weighted by Gasteiger charge is -2.26. The molecule has 0 spiro atoms. The Bertz CT molecular complexity index is 983. The summed E-state index contributed by atoms with van der Waals surface area (Å²) in [5, 5.41) is 0. The largest absolute Gasteiger partial charge is 0.443 e. The summed E-state index contributed by atoms with van der Waals surface area (Å²) in [4.78, 5) is 19.3. The Morgan fingerprint density at radius 1 is 1.19 bits per heavy atom. The van der Waals surface area contributed by atoms with Crippen LogP contribution in [-0.2, 0) is 17.5 Å². The summed E-state index contributed by atoms with van der Waals surface area (Å²) in [6, 6.07) is 2.30. The normalized spacial score (nSPS) is 12.4. The van der Waals surface area contributed by atoms with Crippen molar-refractivity contribution in [3.05, 3.63) is 53.4 Å². The van der Waals surface area contributed by atoms with Crippen LogP contribution >= 0.6 is 0 Å². The number of aromatic nitrogens is 2. The molecule has 0 amide bonds. The first-order valence-electron chi connectivity index (χ1n) is 8.76. The van der Waals surface area contributed by atoms with E-state index in [2.05, 4.69) is 9.83 Å². The van der Waals surface area contributed by atoms with Crippen LogP contribution in [0.4, 0.5) is 42.5 Å². The number of ether oxygens (including phenoxy) is 1. The Hall–Kier alpha value is -3.23. The second-order valence-corrected chi connectivity index (χ2v) is 7.53. The minimum absolute atomic E-state index is 0.00192. The molecule has 168 valence electrons. The molecule has 0 aliphatic heterocycles. The van der Waals surface area contributed by atoms with E-state index in [1.807, 2.05) is 0 Å². The maximum Gasteiger partial charge on any atom is 0.419 e. The zero-order valence-electron chi connectivity index (χ0n) is 16.7. The number of anilines is 1. The van der Waals surface area contributed by atoms with E-state index in [-0.39, 0.29) is 5.69 Å². The Kier molecular flexibility index (Phi) is 6.58. The first-order valence-corrected chi connectivity index (χ1v) is 8.76. The molecule has 31 heavy (non-hydrogen) atoms. The second-order valence-electron chi connectivity index (χ2n) is 7.53. The molecule has 1 aromatic heterocycles. The molecular formula is C19H18F6N4O2. The van der Waals surface area contributed by atoms with Gasteiger partial charge in [-0.1, -0.05) is 6.07 Å². The van der Waals surface area contributed by atoms with Crippen molar-refractivity contribution in [2.24, 2.45) is 0 Å². The Balaban J connectivity index is 2.37. The fourth-order valence-electron chi connectivity index (χ4n) is 2.56. The number of carbonyl (C=O) groups is 1. The van der Waals surface area contributed by atoms with E-state index in [1.54, 1.807) is 20.8 Å². The van der Waals surface area contributed by atoms with Crippen LogP contribution in [0.3, 0.4) is 0 Å². The molecule has 2 aromatic rings. The topological polar surface area (TPSA) is 51.7 Å². The molecule has 0 radical (unpaired) electrons. The highest BCUT2D eigenvalue weighted by Gasteiger charge is 2.36. The number of hydrogen-bond acceptors (Lipinski definition) is 4. The molecule has 0 bridgehead atoms. The summed E-state index contributed by atoms with van der Waals surface area (Å²) in [7, 11) is 0. The molecule has 0 unspecified atom stereocenters. The molecule has 0 saturated carbocycles. The summed E-state index contributed by atoms with van der Waals surface area (Å²) in [6.45, 7) is 9.61. The highest BCUT2D eigenvalue weighted by Crippen LogP contribution is 2.39. The highest BCUT2D eigenvalue weighted by molar-refractivity contribution is 5.70. The molecule has 12 heteroatoms. The fourth-order valence-corrected chi connectivity index (χ4v) is 2.56. The molecule has 0 N–H and O–H groups in total. The van der Waals surface area contributed by atoms with Crippen LogP contribution in [0.5, 0.6) is 0 Å². The molecular weight excluding hydrogens is 430 g/mol. The molecule has 1 aromatic carbocycles. The minimum atomic E-state index is -4.92. The van der Waals surface area contributed by atoms with Gasteiger partial charge < -0.3 is 9.64 Å². The van der Waals surface area contributed by atoms with Gasteiger partial charge in [-0.15, -0.1) is 0 Å². The summed E-state index contributed by atoms with van der Waals surface area (Å²) in [6.07, 6.45) is -8.29. The van der Waals surface area contributed by atoms with Gasteiger partial charge in [-0.2, -0.15) is 26.3 Å². The Morgan fingerprint density at radius 3 is 2.35 bits per heavy atom. The first kappa shape index (κ1) is 24.0. The monoisotopic (exact) mass is 448 g/mol. The highest BCUT2D eigenvalue weighted by atomic mass is 19.4. The zero-order valence-corrected chi connectivity index (χ0v) is 16.7. The molecule has 0 atom stereocenters. The third kappa shape index (κ3) is 6.91. The number of carbonyl (C=O) groups excluding carboxylic acids is 1. The SMILES string of the molecule is [C-]#[N+]c1ccc(N(Cc2cn(C(=O)OC(C)(C)C)cn2)CC(F)(F)F)cc1C(F)(F)F. The lowest BCUT2D eigenvalue weighted by atomic mass is 10.1. The Morgan fingerprint density at radius 2 is 1.84 bits per heavy atom. The number of hydrogen-bond donors (Lipinski definition) is 0. The van der Waals surface area contributed by atoms with Gasteiger partial charge >= 0.3 is 18.4 Å². The van der Waals surface area contributed by atoms with E-state index in [9.17, 15) is 31.1 Å². The van der Waals surface area contributed by atoms with Crippen molar-refractivity contribution in [2.75, 3.05) is 11.4 Å². The van der Waals surface area contributed by atoms with Crippen LogP contribution in [-0.4, -0.2) is 34.0 Å². The summed E-state index contributed by atoms with van der Waals surface area (Å²) < 4.78 is 85.0. The van der Waals surface area contributed by atoms with E-state index in [1.165, 1.54) is 0 Å². The quantitative estimate of drug-likeness (QED) is 0.438. The van der Waals surface area contributed by atoms with Gasteiger partial charge in [0, 0.05) is 11.9 Å². The van der Waals surface area contributed by atoms with Gasteiger partial charge in [-0.05, 0) is 32.9 Å². The van der Waals surface area contributed by atoms with Crippen molar-refractivity contribution < 1.29 is 35.9 Å². The van der Waals surface area contributed by atoms with Gasteiger partial charge in [-0.3, -0.25) is 0 Å². The number of rotatable bonds is 4. The van der Waals surface area contributed by atoms with Crippen molar-refractivity contribution in [2.45, 2.75) is 45.3 Å². The summed E-state index contributed by atoms with van der Waals surface area (Å²) in [5.41, 5.74) is -3.28. The molecule has 0 fully saturated rings. The number of benzene rings is 1. The lowest BCUT2D eigenvalue weighted by Crippen LogP contribution is -2.34. The molecule has 6 nitrogen and oxygen atoms in total. The van der Waals surface area contributed by atoms with Gasteiger partial charge in [0.15, 0.2) is 5.69 Å². The van der Waals surface area contributed by atoms with E-state index in [0.717, 1.165) is 29.2 Å². The van der Waals surface area contributed by atoms with E-state index < -0.39 is 54.1 Å². The predicted molar refractivity (Wildman–Crippen MR) is 98.7 cm³/mol. The minimum Gasteiger partial charge on any atom is -0.443 e. The molecule has 0 aliphatic carbocycles. The van der Waals surface area contributed by atoms with Crippen LogP contribution in [0.15, 0.2) is 30.7 Å². The number of imidazole rings is 1. The van der Waals surface area contributed by atoms with Gasteiger partial charge in [0.25, 0.3) is 0 Å². The van der Waals surface area contributed by atoms with Crippen molar-refractivity contribution >= 4 is 17.5 Å². The average molecular weight is 448 g/mol. The average Bonchev–Trinajstić information content (AvgIpc) is 3.06. The van der Waals surface area contributed by atoms with Crippen molar-refractivity contribution in [1.29, 1.82) is 0 Å². The van der Waals surface area contributed by atoms with Gasteiger partial charge in [0.2, 0.25) is 0 Å². The van der Waals surface area contributed by atoms with Crippen LogP contribution in [0.2, 0.25) is 0 Å². The van der Waals surface area contributed by atoms with E-state index in [0.29, 0.717) is 11.0 Å². The maximum atomic E-state index is 13.2. The summed E-state index contributed by atoms with van der Waals surface area (Å²) in [5.74, 6) is 0. The zero-order chi connectivity index (χ0) is 23.6. The van der Waals surface area contributed by atoms with Gasteiger partial charge in [-0.25, -0.2) is 19.2 Å². The van der Waals surface area contributed by atoms with Gasteiger partial charge in [0.1, 0.15) is 18.5 Å². The van der Waals surface area contributed by atoms with Crippen molar-refractivity contribution in [1.82, 2.24) is 9.55 Å². The van der Waals surface area contributed by atoms with Crippen LogP contribution in [0.1, 0.15) is 32.0 Å². The van der Waals surface area contributed by atoms with Crippen molar-refractivity contribution in [3.8, 4) is 0 Å². The van der Waals surface area contributed by atoms with E-state index in [4.69, 9.17) is 11.3 Å². The third-order valence-corrected chi connectivity index (χ3v) is 3.73. The number of alkyl halides is 6. The van der Waals surface area contributed by atoms with Crippen molar-refractivity contribution in [3.63, 3.8) is 0 Å². The smallest absolute Gasteiger partial charge is 0.419 e. The first-order chi connectivity index (χ1) is 14.1.